The van der Waals surface area contributed by atoms with Crippen molar-refractivity contribution < 1.29 is 19.2 Å². The lowest BCUT2D eigenvalue weighted by Crippen LogP contribution is -2.61. The quantitative estimate of drug-likeness (QED) is 0.428. The van der Waals surface area contributed by atoms with E-state index in [1.807, 2.05) is 0 Å². The molecule has 1 aromatic rings. The summed E-state index contributed by atoms with van der Waals surface area (Å²) in [5, 5.41) is 11.1. The molecule has 1 aliphatic carbocycles. The predicted octanol–water partition coefficient (Wildman–Crippen LogP) is 3.11. The van der Waals surface area contributed by atoms with Gasteiger partial charge in [0.15, 0.2) is 0 Å². The molecule has 1 spiro atoms. The third-order valence-electron chi connectivity index (χ3n) is 4.95. The zero-order valence-corrected chi connectivity index (χ0v) is 16.2. The van der Waals surface area contributed by atoms with Gasteiger partial charge < -0.3 is 9.64 Å². The lowest BCUT2D eigenvalue weighted by atomic mass is 9.64. The van der Waals surface area contributed by atoms with Crippen LogP contribution in [-0.2, 0) is 9.53 Å². The number of rotatable bonds is 2. The molecular formula is C17H21ClN4O5. The predicted molar refractivity (Wildman–Crippen MR) is 95.5 cm³/mol. The Kier molecular flexibility index (Phi) is 4.83. The van der Waals surface area contributed by atoms with Crippen molar-refractivity contribution in [1.82, 2.24) is 14.9 Å². The molecule has 1 aliphatic heterocycles. The van der Waals surface area contributed by atoms with Crippen LogP contribution >= 0.6 is 11.6 Å². The summed E-state index contributed by atoms with van der Waals surface area (Å²) < 4.78 is 5.37. The molecule has 146 valence electrons. The second-order valence-electron chi connectivity index (χ2n) is 8.21. The van der Waals surface area contributed by atoms with Crippen LogP contribution in [0.15, 0.2) is 6.33 Å². The van der Waals surface area contributed by atoms with Gasteiger partial charge in [-0.25, -0.2) is 14.8 Å². The van der Waals surface area contributed by atoms with E-state index < -0.39 is 28.2 Å². The summed E-state index contributed by atoms with van der Waals surface area (Å²) in [6.07, 6.45) is 2.05. The highest BCUT2D eigenvalue weighted by molar-refractivity contribution is 6.31. The second kappa shape index (κ2) is 6.70. The van der Waals surface area contributed by atoms with E-state index in [1.54, 1.807) is 25.7 Å². The molecule has 10 heteroatoms. The van der Waals surface area contributed by atoms with Crippen LogP contribution in [0.1, 0.15) is 51.6 Å². The average Bonchev–Trinajstić information content (AvgIpc) is 2.51. The largest absolute Gasteiger partial charge is 0.444 e. The van der Waals surface area contributed by atoms with Crippen LogP contribution < -0.4 is 0 Å². The number of nitro groups is 1. The summed E-state index contributed by atoms with van der Waals surface area (Å²) >= 11 is 5.86. The van der Waals surface area contributed by atoms with Gasteiger partial charge in [-0.3, -0.25) is 14.9 Å². The number of ketones is 1. The molecule has 1 amide bonds. The molecule has 1 atom stereocenters. The molecule has 0 radical (unpaired) electrons. The summed E-state index contributed by atoms with van der Waals surface area (Å²) in [5.74, 6) is -0.824. The van der Waals surface area contributed by atoms with Crippen molar-refractivity contribution in [3.05, 3.63) is 27.3 Å². The number of carbonyl (C=O) groups is 2. The number of aromatic nitrogens is 2. The van der Waals surface area contributed by atoms with Gasteiger partial charge in [-0.15, -0.1) is 0 Å². The first-order valence-electron chi connectivity index (χ1n) is 8.67. The van der Waals surface area contributed by atoms with E-state index in [4.69, 9.17) is 16.3 Å². The van der Waals surface area contributed by atoms with E-state index in [0.717, 1.165) is 6.33 Å². The summed E-state index contributed by atoms with van der Waals surface area (Å²) in [5.41, 5.74) is -1.21. The van der Waals surface area contributed by atoms with Crippen molar-refractivity contribution in [2.75, 3.05) is 13.1 Å². The number of nitrogens with zero attached hydrogens (tertiary/aromatic N) is 4. The van der Waals surface area contributed by atoms with Crippen molar-refractivity contribution >= 4 is 29.2 Å². The fourth-order valence-electron chi connectivity index (χ4n) is 3.76. The lowest BCUT2D eigenvalue weighted by Gasteiger charge is -2.53. The van der Waals surface area contributed by atoms with Gasteiger partial charge in [0.1, 0.15) is 23.4 Å². The Hall–Kier alpha value is -2.29. The summed E-state index contributed by atoms with van der Waals surface area (Å²) in [7, 11) is 0. The zero-order valence-electron chi connectivity index (χ0n) is 15.4. The van der Waals surface area contributed by atoms with E-state index in [2.05, 4.69) is 9.97 Å². The fraction of sp³-hybridized carbons (Fsp3) is 0.647. The van der Waals surface area contributed by atoms with Crippen LogP contribution in [0.2, 0.25) is 5.15 Å². The van der Waals surface area contributed by atoms with Crippen molar-refractivity contribution in [2.24, 2.45) is 5.41 Å². The number of carbonyl (C=O) groups excluding carboxylic acids is 2. The molecule has 2 aliphatic rings. The maximum Gasteiger partial charge on any atom is 0.410 e. The molecule has 27 heavy (non-hydrogen) atoms. The molecule has 0 bridgehead atoms. The summed E-state index contributed by atoms with van der Waals surface area (Å²) in [4.78, 5) is 44.6. The van der Waals surface area contributed by atoms with Crippen LogP contribution in [0.4, 0.5) is 10.5 Å². The van der Waals surface area contributed by atoms with Crippen LogP contribution in [0.3, 0.4) is 0 Å². The third-order valence-corrected chi connectivity index (χ3v) is 5.23. The van der Waals surface area contributed by atoms with Gasteiger partial charge >= 0.3 is 11.8 Å². The molecular weight excluding hydrogens is 376 g/mol. The molecule has 0 aromatic carbocycles. The van der Waals surface area contributed by atoms with Crippen LogP contribution in [0.25, 0.3) is 0 Å². The molecule has 1 saturated heterocycles. The van der Waals surface area contributed by atoms with Crippen LogP contribution in [0.5, 0.6) is 0 Å². The molecule has 1 aromatic heterocycles. The Morgan fingerprint density at radius 1 is 1.41 bits per heavy atom. The van der Waals surface area contributed by atoms with Gasteiger partial charge in [0.2, 0.25) is 5.15 Å². The Morgan fingerprint density at radius 3 is 2.67 bits per heavy atom. The van der Waals surface area contributed by atoms with Crippen molar-refractivity contribution in [2.45, 2.75) is 51.6 Å². The third kappa shape index (κ3) is 3.87. The highest BCUT2D eigenvalue weighted by atomic mass is 35.5. The Labute approximate surface area is 161 Å². The molecule has 1 unspecified atom stereocenters. The van der Waals surface area contributed by atoms with Gasteiger partial charge in [-0.1, -0.05) is 11.6 Å². The van der Waals surface area contributed by atoms with Gasteiger partial charge in [-0.2, -0.15) is 0 Å². The number of amides is 1. The topological polar surface area (TPSA) is 116 Å². The van der Waals surface area contributed by atoms with Crippen molar-refractivity contribution in [3.8, 4) is 0 Å². The SMILES string of the molecule is CC(C)(C)OC(=O)N1CC2(CCC(=O)C(c3ncnc(Cl)c3[N+](=O)[O-])C2)C1. The smallest absolute Gasteiger partial charge is 0.410 e. The normalized spacial score (nSPS) is 21.7. The van der Waals surface area contributed by atoms with Crippen molar-refractivity contribution in [1.29, 1.82) is 0 Å². The maximum absolute atomic E-state index is 12.5. The maximum atomic E-state index is 12.5. The average molecular weight is 397 g/mol. The van der Waals surface area contributed by atoms with Gasteiger partial charge in [-0.05, 0) is 33.6 Å². The van der Waals surface area contributed by atoms with E-state index >= 15 is 0 Å². The fourth-order valence-corrected chi connectivity index (χ4v) is 3.97. The molecule has 9 nitrogen and oxygen atoms in total. The van der Waals surface area contributed by atoms with Crippen LogP contribution in [-0.4, -0.2) is 50.4 Å². The molecule has 1 saturated carbocycles. The number of ether oxygens (including phenoxy) is 1. The first kappa shape index (κ1) is 19.5. The first-order chi connectivity index (χ1) is 12.5. The molecule has 0 N–H and O–H groups in total. The molecule has 2 heterocycles. The van der Waals surface area contributed by atoms with Crippen LogP contribution in [0, 0.1) is 15.5 Å². The Bertz CT molecular complexity index is 801. The minimum absolute atomic E-state index is 0.0554. The van der Waals surface area contributed by atoms with Crippen molar-refractivity contribution in [3.63, 3.8) is 0 Å². The highest BCUT2D eigenvalue weighted by Crippen LogP contribution is 2.49. The van der Waals surface area contributed by atoms with Gasteiger partial charge in [0.05, 0.1) is 10.8 Å². The highest BCUT2D eigenvalue weighted by Gasteiger charge is 2.52. The number of Topliss-reactive ketones (excluding diaryl/α,β-unsaturated/α-hetero) is 1. The second-order valence-corrected chi connectivity index (χ2v) is 8.57. The minimum Gasteiger partial charge on any atom is -0.444 e. The number of likely N-dealkylation sites (tertiary alicyclic amines) is 1. The molecule has 2 fully saturated rings. The first-order valence-corrected chi connectivity index (χ1v) is 9.05. The van der Waals surface area contributed by atoms with E-state index in [1.165, 1.54) is 0 Å². The minimum atomic E-state index is -0.722. The number of hydrogen-bond donors (Lipinski definition) is 0. The lowest BCUT2D eigenvalue weighted by molar-refractivity contribution is -0.386. The van der Waals surface area contributed by atoms with Gasteiger partial charge in [0, 0.05) is 24.9 Å². The van der Waals surface area contributed by atoms with E-state index in [0.29, 0.717) is 25.9 Å². The van der Waals surface area contributed by atoms with E-state index in [9.17, 15) is 19.7 Å². The summed E-state index contributed by atoms with van der Waals surface area (Å²) in [6, 6.07) is 0. The van der Waals surface area contributed by atoms with E-state index in [-0.39, 0.29) is 28.5 Å². The number of hydrogen-bond acceptors (Lipinski definition) is 7. The van der Waals surface area contributed by atoms with Gasteiger partial charge in [0.25, 0.3) is 0 Å². The standard InChI is InChI=1S/C17H21ClN4O5/c1-16(2,3)27-15(24)21-7-17(8-21)5-4-11(23)10(6-17)12-13(22(25)26)14(18)20-9-19-12/h9-10H,4-8H2,1-3H3. The summed E-state index contributed by atoms with van der Waals surface area (Å²) in [6.45, 7) is 6.31. The Morgan fingerprint density at radius 2 is 2.07 bits per heavy atom. The zero-order chi connectivity index (χ0) is 20.0. The number of halogens is 1. The Balaban J connectivity index is 1.78. The molecule has 3 rings (SSSR count). The monoisotopic (exact) mass is 396 g/mol.